The first kappa shape index (κ1) is 21.8. The maximum Gasteiger partial charge on any atom is 0.335 e. The zero-order valence-corrected chi connectivity index (χ0v) is 18.2. The van der Waals surface area contributed by atoms with Gasteiger partial charge in [0.2, 0.25) is 0 Å². The fourth-order valence-corrected chi connectivity index (χ4v) is 3.45. The number of pyridine rings is 1. The maximum atomic E-state index is 12.8. The average molecular weight is 442 g/mol. The van der Waals surface area contributed by atoms with Crippen molar-refractivity contribution < 1.29 is 24.2 Å². The van der Waals surface area contributed by atoms with Crippen LogP contribution in [0, 0.1) is 6.92 Å². The molecule has 0 fully saturated rings. The molecular weight excluding hydrogens is 420 g/mol. The topological polar surface area (TPSA) is 97.8 Å². The van der Waals surface area contributed by atoms with E-state index in [2.05, 4.69) is 10.3 Å². The van der Waals surface area contributed by atoms with Gasteiger partial charge in [-0.3, -0.25) is 9.78 Å². The number of carboxylic acids is 1. The molecule has 7 heteroatoms. The van der Waals surface area contributed by atoms with Crippen LogP contribution in [0.4, 0.5) is 0 Å². The summed E-state index contributed by atoms with van der Waals surface area (Å²) in [4.78, 5) is 28.2. The van der Waals surface area contributed by atoms with Crippen LogP contribution in [-0.4, -0.2) is 29.1 Å². The van der Waals surface area contributed by atoms with E-state index in [-0.39, 0.29) is 18.0 Å². The van der Waals surface area contributed by atoms with E-state index in [9.17, 15) is 9.59 Å². The molecule has 7 nitrogen and oxygen atoms in total. The third-order valence-electron chi connectivity index (χ3n) is 5.31. The lowest BCUT2D eigenvalue weighted by atomic mass is 10.1. The molecule has 33 heavy (non-hydrogen) atoms. The SMILES string of the molecule is COc1ccc2c(Oc3cccc(C(=O)NCc4ccc(C(=O)O)cc4)c3C)ccnc2c1. The largest absolute Gasteiger partial charge is 0.497 e. The van der Waals surface area contributed by atoms with Gasteiger partial charge >= 0.3 is 5.97 Å². The molecule has 2 N–H and O–H groups in total. The number of ether oxygens (including phenoxy) is 2. The Bertz CT molecular complexity index is 1330. The number of aromatic nitrogens is 1. The number of aromatic carboxylic acids is 1. The first-order valence-electron chi connectivity index (χ1n) is 10.3. The molecule has 0 atom stereocenters. The Hall–Kier alpha value is -4.39. The predicted octanol–water partition coefficient (Wildman–Crippen LogP) is 4.97. The van der Waals surface area contributed by atoms with Crippen LogP contribution in [0.15, 0.2) is 72.9 Å². The lowest BCUT2D eigenvalue weighted by molar-refractivity contribution is 0.0696. The van der Waals surface area contributed by atoms with E-state index in [1.807, 2.05) is 31.2 Å². The van der Waals surface area contributed by atoms with Crippen LogP contribution < -0.4 is 14.8 Å². The third kappa shape index (κ3) is 4.77. The van der Waals surface area contributed by atoms with E-state index in [0.29, 0.717) is 28.4 Å². The van der Waals surface area contributed by atoms with Crippen molar-refractivity contribution in [3.63, 3.8) is 0 Å². The van der Waals surface area contributed by atoms with E-state index >= 15 is 0 Å². The molecule has 0 spiro atoms. The summed E-state index contributed by atoms with van der Waals surface area (Å²) >= 11 is 0. The monoisotopic (exact) mass is 442 g/mol. The van der Waals surface area contributed by atoms with Gasteiger partial charge in [-0.1, -0.05) is 18.2 Å². The van der Waals surface area contributed by atoms with E-state index in [1.165, 1.54) is 12.1 Å². The van der Waals surface area contributed by atoms with E-state index < -0.39 is 5.97 Å². The first-order valence-corrected chi connectivity index (χ1v) is 10.3. The van der Waals surface area contributed by atoms with Gasteiger partial charge in [-0.25, -0.2) is 4.79 Å². The Balaban J connectivity index is 1.52. The molecule has 4 aromatic rings. The Kier molecular flexibility index (Phi) is 6.22. The van der Waals surface area contributed by atoms with Crippen molar-refractivity contribution in [2.24, 2.45) is 0 Å². The van der Waals surface area contributed by atoms with Gasteiger partial charge in [-0.2, -0.15) is 0 Å². The number of methoxy groups -OCH3 is 1. The number of benzene rings is 3. The van der Waals surface area contributed by atoms with Crippen molar-refractivity contribution in [1.29, 1.82) is 0 Å². The van der Waals surface area contributed by atoms with Gasteiger partial charge < -0.3 is 19.9 Å². The number of hydrogen-bond donors (Lipinski definition) is 2. The van der Waals surface area contributed by atoms with Crippen LogP contribution in [-0.2, 0) is 6.54 Å². The summed E-state index contributed by atoms with van der Waals surface area (Å²) in [5.41, 5.74) is 2.95. The minimum atomic E-state index is -0.987. The smallest absolute Gasteiger partial charge is 0.335 e. The molecule has 1 heterocycles. The molecule has 3 aromatic carbocycles. The predicted molar refractivity (Wildman–Crippen MR) is 124 cm³/mol. The van der Waals surface area contributed by atoms with Crippen LogP contribution in [0.3, 0.4) is 0 Å². The molecule has 0 saturated carbocycles. The van der Waals surface area contributed by atoms with Crippen molar-refractivity contribution in [3.8, 4) is 17.2 Å². The second kappa shape index (κ2) is 9.40. The number of rotatable bonds is 7. The Morgan fingerprint density at radius 3 is 2.52 bits per heavy atom. The summed E-state index contributed by atoms with van der Waals surface area (Å²) in [6, 6.07) is 19.0. The fourth-order valence-electron chi connectivity index (χ4n) is 3.45. The minimum absolute atomic E-state index is 0.202. The van der Waals surface area contributed by atoms with Gasteiger partial charge in [0.1, 0.15) is 17.2 Å². The lowest BCUT2D eigenvalue weighted by Gasteiger charge is -2.14. The number of fused-ring (bicyclic) bond motifs is 1. The van der Waals surface area contributed by atoms with Crippen molar-refractivity contribution in [3.05, 3.63) is 95.2 Å². The third-order valence-corrected chi connectivity index (χ3v) is 5.31. The van der Waals surface area contributed by atoms with Gasteiger partial charge in [0.15, 0.2) is 0 Å². The summed E-state index contributed by atoms with van der Waals surface area (Å²) in [7, 11) is 1.60. The molecule has 0 unspecified atom stereocenters. The quantitative estimate of drug-likeness (QED) is 0.419. The molecule has 1 amide bonds. The van der Waals surface area contributed by atoms with Crippen LogP contribution >= 0.6 is 0 Å². The standard InChI is InChI=1S/C26H22N2O5/c1-16-20(25(29)28-15-17-6-8-18(9-7-17)26(30)31)4-3-5-23(16)33-24-12-13-27-22-14-19(32-2)10-11-21(22)24/h3-14H,15H2,1-2H3,(H,28,29)(H,30,31). The summed E-state index contributed by atoms with van der Waals surface area (Å²) in [6.45, 7) is 2.11. The Morgan fingerprint density at radius 2 is 1.79 bits per heavy atom. The molecule has 0 aliphatic carbocycles. The number of hydrogen-bond acceptors (Lipinski definition) is 5. The van der Waals surface area contributed by atoms with Gasteiger partial charge in [-0.05, 0) is 55.0 Å². The number of nitrogens with zero attached hydrogens (tertiary/aromatic N) is 1. The highest BCUT2D eigenvalue weighted by molar-refractivity contribution is 5.96. The number of amides is 1. The Morgan fingerprint density at radius 1 is 1.00 bits per heavy atom. The molecule has 0 bridgehead atoms. The van der Waals surface area contributed by atoms with Crippen molar-refractivity contribution >= 4 is 22.8 Å². The number of carbonyl (C=O) groups is 2. The van der Waals surface area contributed by atoms with Gasteiger partial charge in [0, 0.05) is 35.3 Å². The molecule has 0 aliphatic rings. The highest BCUT2D eigenvalue weighted by atomic mass is 16.5. The highest BCUT2D eigenvalue weighted by Crippen LogP contribution is 2.33. The summed E-state index contributed by atoms with van der Waals surface area (Å²) in [6.07, 6.45) is 1.67. The number of carboxylic acid groups (broad SMARTS) is 1. The van der Waals surface area contributed by atoms with Crippen LogP contribution in [0.25, 0.3) is 10.9 Å². The van der Waals surface area contributed by atoms with Crippen molar-refractivity contribution in [2.75, 3.05) is 7.11 Å². The van der Waals surface area contributed by atoms with Crippen molar-refractivity contribution in [1.82, 2.24) is 10.3 Å². The molecule has 0 saturated heterocycles. The molecular formula is C26H22N2O5. The minimum Gasteiger partial charge on any atom is -0.497 e. The normalized spacial score (nSPS) is 10.6. The highest BCUT2D eigenvalue weighted by Gasteiger charge is 2.14. The fraction of sp³-hybridized carbons (Fsp3) is 0.115. The van der Waals surface area contributed by atoms with Gasteiger partial charge in [0.05, 0.1) is 18.2 Å². The van der Waals surface area contributed by atoms with E-state index in [1.54, 1.807) is 43.6 Å². The molecule has 4 rings (SSSR count). The summed E-state index contributed by atoms with van der Waals surface area (Å²) < 4.78 is 11.4. The second-order valence-electron chi connectivity index (χ2n) is 7.41. The van der Waals surface area contributed by atoms with Gasteiger partial charge in [0.25, 0.3) is 5.91 Å². The lowest BCUT2D eigenvalue weighted by Crippen LogP contribution is -2.23. The molecule has 0 aliphatic heterocycles. The van der Waals surface area contributed by atoms with Crippen LogP contribution in [0.1, 0.15) is 31.8 Å². The van der Waals surface area contributed by atoms with E-state index in [0.717, 1.165) is 16.5 Å². The molecule has 1 aromatic heterocycles. The summed E-state index contributed by atoms with van der Waals surface area (Å²) in [5.74, 6) is 0.668. The van der Waals surface area contributed by atoms with Crippen molar-refractivity contribution in [2.45, 2.75) is 13.5 Å². The molecule has 0 radical (unpaired) electrons. The van der Waals surface area contributed by atoms with Crippen LogP contribution in [0.2, 0.25) is 0 Å². The maximum absolute atomic E-state index is 12.8. The number of carbonyl (C=O) groups excluding carboxylic acids is 1. The average Bonchev–Trinajstić information content (AvgIpc) is 2.83. The Labute approximate surface area is 190 Å². The summed E-state index contributed by atoms with van der Waals surface area (Å²) in [5, 5.41) is 12.7. The van der Waals surface area contributed by atoms with Crippen LogP contribution in [0.5, 0.6) is 17.2 Å². The zero-order valence-electron chi connectivity index (χ0n) is 18.2. The second-order valence-corrected chi connectivity index (χ2v) is 7.41. The van der Waals surface area contributed by atoms with Gasteiger partial charge in [-0.15, -0.1) is 0 Å². The van der Waals surface area contributed by atoms with E-state index in [4.69, 9.17) is 14.6 Å². The number of nitrogens with one attached hydrogen (secondary N) is 1. The zero-order chi connectivity index (χ0) is 23.4. The first-order chi connectivity index (χ1) is 16.0. The molecule has 166 valence electrons.